The first-order valence-electron chi connectivity index (χ1n) is 7.89. The van der Waals surface area contributed by atoms with Crippen LogP contribution in [0.4, 0.5) is 11.4 Å². The summed E-state index contributed by atoms with van der Waals surface area (Å²) in [5.41, 5.74) is 1.38. The van der Waals surface area contributed by atoms with Crippen molar-refractivity contribution in [3.8, 4) is 0 Å². The molecule has 122 valence electrons. The maximum atomic E-state index is 12.0. The number of hydrogen-bond donors (Lipinski definition) is 1. The molecule has 0 aliphatic carbocycles. The number of nitrogens with one attached hydrogen (secondary N) is 1. The van der Waals surface area contributed by atoms with E-state index in [9.17, 15) is 4.79 Å². The third-order valence-electron chi connectivity index (χ3n) is 4.05. The van der Waals surface area contributed by atoms with Crippen LogP contribution in [-0.4, -0.2) is 43.5 Å². The lowest BCUT2D eigenvalue weighted by Gasteiger charge is -2.36. The third kappa shape index (κ3) is 4.14. The van der Waals surface area contributed by atoms with Gasteiger partial charge in [-0.3, -0.25) is 4.79 Å². The lowest BCUT2D eigenvalue weighted by atomic mass is 9.95. The van der Waals surface area contributed by atoms with Gasteiger partial charge in [-0.25, -0.2) is 0 Å². The Bertz CT molecular complexity index is 531. The zero-order valence-electron chi connectivity index (χ0n) is 13.9. The second-order valence-electron chi connectivity index (χ2n) is 6.79. The number of likely N-dealkylation sites (N-methyl/N-ethyl adjacent to an activating group) is 1. The molecule has 2 rings (SSSR count). The molecular weight excluding hydrogens is 298 g/mol. The Kier molecular flexibility index (Phi) is 5.35. The predicted molar refractivity (Wildman–Crippen MR) is 93.9 cm³/mol. The maximum absolute atomic E-state index is 12.0. The van der Waals surface area contributed by atoms with Gasteiger partial charge < -0.3 is 15.1 Å². The molecule has 1 aromatic carbocycles. The molecule has 1 N–H and O–H groups in total. The Morgan fingerprint density at radius 3 is 2.36 bits per heavy atom. The molecule has 4 nitrogen and oxygen atoms in total. The van der Waals surface area contributed by atoms with E-state index in [4.69, 9.17) is 11.6 Å². The van der Waals surface area contributed by atoms with Gasteiger partial charge in [-0.2, -0.15) is 0 Å². The first-order valence-corrected chi connectivity index (χ1v) is 8.27. The van der Waals surface area contributed by atoms with E-state index in [1.165, 1.54) is 0 Å². The number of halogens is 1. The van der Waals surface area contributed by atoms with Gasteiger partial charge in [0.1, 0.15) is 0 Å². The van der Waals surface area contributed by atoms with E-state index in [1.807, 2.05) is 39.0 Å². The van der Waals surface area contributed by atoms with Crippen molar-refractivity contribution in [1.82, 2.24) is 4.90 Å². The van der Waals surface area contributed by atoms with Crippen LogP contribution in [0, 0.1) is 5.41 Å². The molecule has 1 aromatic rings. The highest BCUT2D eigenvalue weighted by Crippen LogP contribution is 2.30. The number of rotatable bonds is 3. The normalized spacial score (nSPS) is 16.7. The third-order valence-corrected chi connectivity index (χ3v) is 4.35. The summed E-state index contributed by atoms with van der Waals surface area (Å²) in [6.07, 6.45) is 0. The fraction of sp³-hybridized carbons (Fsp3) is 0.588. The maximum Gasteiger partial charge on any atom is 0.229 e. The van der Waals surface area contributed by atoms with Crippen LogP contribution >= 0.6 is 11.6 Å². The van der Waals surface area contributed by atoms with Crippen molar-refractivity contribution in [3.63, 3.8) is 0 Å². The summed E-state index contributed by atoms with van der Waals surface area (Å²) in [6.45, 7) is 13.1. The van der Waals surface area contributed by atoms with E-state index < -0.39 is 5.41 Å². The molecule has 5 heteroatoms. The van der Waals surface area contributed by atoms with Crippen LogP contribution in [0.3, 0.4) is 0 Å². The molecule has 0 aromatic heterocycles. The van der Waals surface area contributed by atoms with Gasteiger partial charge in [0.2, 0.25) is 5.91 Å². The van der Waals surface area contributed by atoms with Crippen molar-refractivity contribution in [2.24, 2.45) is 5.41 Å². The topological polar surface area (TPSA) is 35.6 Å². The van der Waals surface area contributed by atoms with Crippen molar-refractivity contribution in [1.29, 1.82) is 0 Å². The van der Waals surface area contributed by atoms with Crippen LogP contribution in [0.15, 0.2) is 18.2 Å². The fourth-order valence-corrected chi connectivity index (χ4v) is 2.76. The summed E-state index contributed by atoms with van der Waals surface area (Å²) in [4.78, 5) is 16.8. The fourth-order valence-electron chi connectivity index (χ4n) is 2.46. The smallest absolute Gasteiger partial charge is 0.229 e. The second-order valence-corrected chi connectivity index (χ2v) is 7.20. The number of amides is 1. The van der Waals surface area contributed by atoms with E-state index in [2.05, 4.69) is 22.0 Å². The van der Waals surface area contributed by atoms with Crippen molar-refractivity contribution in [3.05, 3.63) is 23.2 Å². The Labute approximate surface area is 138 Å². The molecule has 0 bridgehead atoms. The van der Waals surface area contributed by atoms with Gasteiger partial charge in [0.05, 0.1) is 10.7 Å². The number of hydrogen-bond acceptors (Lipinski definition) is 3. The highest BCUT2D eigenvalue weighted by molar-refractivity contribution is 6.33. The van der Waals surface area contributed by atoms with Gasteiger partial charge in [-0.05, 0) is 24.7 Å². The SMILES string of the molecule is CCN1CCN(c2ccc(NC(=O)C(C)(C)C)cc2Cl)CC1. The molecule has 1 amide bonds. The summed E-state index contributed by atoms with van der Waals surface area (Å²) in [7, 11) is 0. The molecule has 1 aliphatic heterocycles. The van der Waals surface area contributed by atoms with E-state index in [-0.39, 0.29) is 5.91 Å². The van der Waals surface area contributed by atoms with Gasteiger partial charge >= 0.3 is 0 Å². The highest BCUT2D eigenvalue weighted by atomic mass is 35.5. The summed E-state index contributed by atoms with van der Waals surface area (Å²) in [5, 5.41) is 3.61. The number of nitrogens with zero attached hydrogens (tertiary/aromatic N) is 2. The van der Waals surface area contributed by atoms with Crippen molar-refractivity contribution >= 4 is 28.9 Å². The molecule has 0 atom stereocenters. The zero-order valence-corrected chi connectivity index (χ0v) is 14.7. The molecular formula is C17H26ClN3O. The quantitative estimate of drug-likeness (QED) is 0.925. The minimum absolute atomic E-state index is 0.00660. The first-order chi connectivity index (χ1) is 10.3. The minimum Gasteiger partial charge on any atom is -0.368 e. The Hall–Kier alpha value is -1.26. The van der Waals surface area contributed by atoms with Gasteiger partial charge in [0, 0.05) is 37.3 Å². The number of anilines is 2. The monoisotopic (exact) mass is 323 g/mol. The van der Waals surface area contributed by atoms with Crippen LogP contribution in [0.25, 0.3) is 0 Å². The summed E-state index contributed by atoms with van der Waals surface area (Å²) >= 11 is 6.42. The molecule has 1 fully saturated rings. The van der Waals surface area contributed by atoms with Crippen LogP contribution in [0.2, 0.25) is 5.02 Å². The highest BCUT2D eigenvalue weighted by Gasteiger charge is 2.22. The summed E-state index contributed by atoms with van der Waals surface area (Å²) < 4.78 is 0. The van der Waals surface area contributed by atoms with Crippen LogP contribution in [0.1, 0.15) is 27.7 Å². The lowest BCUT2D eigenvalue weighted by molar-refractivity contribution is -0.123. The molecule has 1 heterocycles. The van der Waals surface area contributed by atoms with E-state index in [1.54, 1.807) is 0 Å². The zero-order chi connectivity index (χ0) is 16.3. The molecule has 0 saturated carbocycles. The standard InChI is InChI=1S/C17H26ClN3O/c1-5-20-8-10-21(11-9-20)15-7-6-13(12-14(15)18)19-16(22)17(2,3)4/h6-7,12H,5,8-11H2,1-4H3,(H,19,22). The average Bonchev–Trinajstić information content (AvgIpc) is 2.46. The van der Waals surface area contributed by atoms with E-state index in [0.717, 1.165) is 44.1 Å². The van der Waals surface area contributed by atoms with Crippen molar-refractivity contribution < 1.29 is 4.79 Å². The van der Waals surface area contributed by atoms with Crippen LogP contribution < -0.4 is 10.2 Å². The van der Waals surface area contributed by atoms with Crippen LogP contribution in [-0.2, 0) is 4.79 Å². The second kappa shape index (κ2) is 6.88. The number of benzene rings is 1. The molecule has 1 aliphatic rings. The van der Waals surface area contributed by atoms with E-state index >= 15 is 0 Å². The molecule has 1 saturated heterocycles. The van der Waals surface area contributed by atoms with Crippen LogP contribution in [0.5, 0.6) is 0 Å². The molecule has 0 unspecified atom stereocenters. The summed E-state index contributed by atoms with van der Waals surface area (Å²) in [5.74, 6) is -0.00660. The van der Waals surface area contributed by atoms with Gasteiger partial charge in [0.15, 0.2) is 0 Å². The lowest BCUT2D eigenvalue weighted by Crippen LogP contribution is -2.46. The van der Waals surface area contributed by atoms with Crippen molar-refractivity contribution in [2.75, 3.05) is 42.9 Å². The van der Waals surface area contributed by atoms with E-state index in [0.29, 0.717) is 5.02 Å². The number of piperazine rings is 1. The number of carbonyl (C=O) groups is 1. The van der Waals surface area contributed by atoms with Crippen molar-refractivity contribution in [2.45, 2.75) is 27.7 Å². The Balaban J connectivity index is 2.06. The van der Waals surface area contributed by atoms with Gasteiger partial charge in [-0.1, -0.05) is 39.3 Å². The predicted octanol–water partition coefficient (Wildman–Crippen LogP) is 3.47. The average molecular weight is 324 g/mol. The molecule has 22 heavy (non-hydrogen) atoms. The molecule has 0 spiro atoms. The minimum atomic E-state index is -0.415. The molecule has 0 radical (unpaired) electrons. The number of carbonyl (C=O) groups excluding carboxylic acids is 1. The first kappa shape index (κ1) is 17.1. The van der Waals surface area contributed by atoms with Gasteiger partial charge in [0.25, 0.3) is 0 Å². The summed E-state index contributed by atoms with van der Waals surface area (Å²) in [6, 6.07) is 5.77. The largest absolute Gasteiger partial charge is 0.368 e. The Morgan fingerprint density at radius 1 is 1.23 bits per heavy atom. The Morgan fingerprint density at radius 2 is 1.86 bits per heavy atom. The van der Waals surface area contributed by atoms with Gasteiger partial charge in [-0.15, -0.1) is 0 Å².